The molecule has 3 rings (SSSR count). The molecule has 2 amide bonds. The van der Waals surface area contributed by atoms with E-state index < -0.39 is 6.09 Å². The maximum Gasteiger partial charge on any atom is 0.407 e. The molecule has 0 radical (unpaired) electrons. The van der Waals surface area contributed by atoms with Gasteiger partial charge in [0.1, 0.15) is 11.9 Å². The second-order valence-corrected chi connectivity index (χ2v) is 5.84. The van der Waals surface area contributed by atoms with Crippen LogP contribution in [0.1, 0.15) is 12.0 Å². The summed E-state index contributed by atoms with van der Waals surface area (Å²) in [5.74, 6) is 0.350. The number of anilines is 1. The molecule has 0 aliphatic heterocycles. The highest BCUT2D eigenvalue weighted by molar-refractivity contribution is 5.95. The molecule has 2 aromatic rings. The molecule has 2 N–H and O–H groups in total. The van der Waals surface area contributed by atoms with Gasteiger partial charge < -0.3 is 20.1 Å². The third-order valence-corrected chi connectivity index (χ3v) is 3.96. The quantitative estimate of drug-likeness (QED) is 0.848. The smallest absolute Gasteiger partial charge is 0.407 e. The number of carbonyl (C=O) groups excluding carboxylic acids is 2. The molecule has 6 nitrogen and oxygen atoms in total. The summed E-state index contributed by atoms with van der Waals surface area (Å²) >= 11 is 0. The summed E-state index contributed by atoms with van der Waals surface area (Å²) in [5.41, 5.74) is 1.68. The Kier molecular flexibility index (Phi) is 5.18. The Morgan fingerprint density at radius 1 is 1.08 bits per heavy atom. The summed E-state index contributed by atoms with van der Waals surface area (Å²) in [4.78, 5) is 23.9. The number of nitrogens with one attached hydrogen (secondary N) is 2. The van der Waals surface area contributed by atoms with Crippen molar-refractivity contribution in [3.05, 3.63) is 60.2 Å². The summed E-state index contributed by atoms with van der Waals surface area (Å²) in [7, 11) is 1.60. The third kappa shape index (κ3) is 4.73. The maximum absolute atomic E-state index is 12.1. The van der Waals surface area contributed by atoms with Gasteiger partial charge in [0.15, 0.2) is 0 Å². The molecule has 0 bridgehead atoms. The van der Waals surface area contributed by atoms with Crippen molar-refractivity contribution >= 4 is 17.7 Å². The number of amides is 2. The van der Waals surface area contributed by atoms with Crippen molar-refractivity contribution in [2.24, 2.45) is 5.92 Å². The molecule has 1 aliphatic rings. The van der Waals surface area contributed by atoms with Crippen molar-refractivity contribution in [3.63, 3.8) is 0 Å². The molecule has 1 aliphatic carbocycles. The standard InChI is InChI=1S/C19H20N2O4/c1-24-15-9-7-13(8-10-15)12-20-19(23)25-17-11-16(17)18(22)21-14-5-3-2-4-6-14/h2-10,16-17H,11-12H2,1H3,(H,20,23)(H,21,22). The molecule has 1 saturated carbocycles. The summed E-state index contributed by atoms with van der Waals surface area (Å²) in [6.45, 7) is 0.358. The highest BCUT2D eigenvalue weighted by atomic mass is 16.6. The lowest BCUT2D eigenvalue weighted by Gasteiger charge is -2.08. The molecule has 130 valence electrons. The van der Waals surface area contributed by atoms with E-state index in [2.05, 4.69) is 10.6 Å². The van der Waals surface area contributed by atoms with Crippen molar-refractivity contribution in [2.45, 2.75) is 19.1 Å². The van der Waals surface area contributed by atoms with E-state index in [1.807, 2.05) is 54.6 Å². The van der Waals surface area contributed by atoms with Gasteiger partial charge in [-0.3, -0.25) is 4.79 Å². The van der Waals surface area contributed by atoms with Crippen molar-refractivity contribution in [3.8, 4) is 5.75 Å². The normalized spacial score (nSPS) is 18.1. The van der Waals surface area contributed by atoms with Crippen molar-refractivity contribution in [1.82, 2.24) is 5.32 Å². The number of para-hydroxylation sites is 1. The largest absolute Gasteiger partial charge is 0.497 e. The summed E-state index contributed by atoms with van der Waals surface area (Å²) in [5, 5.41) is 5.50. The van der Waals surface area contributed by atoms with Crippen LogP contribution in [0, 0.1) is 5.92 Å². The van der Waals surface area contributed by atoms with Crippen LogP contribution in [0.5, 0.6) is 5.75 Å². The Balaban J connectivity index is 1.39. The van der Waals surface area contributed by atoms with Gasteiger partial charge in [-0.05, 0) is 29.8 Å². The SMILES string of the molecule is COc1ccc(CNC(=O)OC2CC2C(=O)Nc2ccccc2)cc1. The number of rotatable bonds is 6. The van der Waals surface area contributed by atoms with E-state index >= 15 is 0 Å². The zero-order valence-electron chi connectivity index (χ0n) is 13.9. The number of hydrogen-bond acceptors (Lipinski definition) is 4. The first-order valence-electron chi connectivity index (χ1n) is 8.09. The lowest BCUT2D eigenvalue weighted by molar-refractivity contribution is -0.117. The molecule has 0 heterocycles. The Morgan fingerprint density at radius 2 is 1.80 bits per heavy atom. The first-order chi connectivity index (χ1) is 12.2. The van der Waals surface area contributed by atoms with Crippen LogP contribution < -0.4 is 15.4 Å². The fourth-order valence-electron chi connectivity index (χ4n) is 2.43. The summed E-state index contributed by atoms with van der Waals surface area (Å²) < 4.78 is 10.3. The number of methoxy groups -OCH3 is 1. The molecular weight excluding hydrogens is 320 g/mol. The van der Waals surface area contributed by atoms with E-state index in [0.717, 1.165) is 17.0 Å². The molecule has 2 unspecified atom stereocenters. The van der Waals surface area contributed by atoms with E-state index in [4.69, 9.17) is 9.47 Å². The molecule has 6 heteroatoms. The van der Waals surface area contributed by atoms with E-state index in [1.54, 1.807) is 7.11 Å². The zero-order chi connectivity index (χ0) is 17.6. The first kappa shape index (κ1) is 16.8. The van der Waals surface area contributed by atoms with Crippen molar-refractivity contribution in [1.29, 1.82) is 0 Å². The van der Waals surface area contributed by atoms with Crippen LogP contribution in [0.2, 0.25) is 0 Å². The molecule has 0 saturated heterocycles. The average molecular weight is 340 g/mol. The summed E-state index contributed by atoms with van der Waals surface area (Å²) in [6, 6.07) is 16.6. The number of carbonyl (C=O) groups is 2. The van der Waals surface area contributed by atoms with Crippen LogP contribution in [0.15, 0.2) is 54.6 Å². The Labute approximate surface area is 146 Å². The van der Waals surface area contributed by atoms with E-state index in [9.17, 15) is 9.59 Å². The van der Waals surface area contributed by atoms with Crippen LogP contribution in [-0.2, 0) is 16.1 Å². The molecule has 2 atom stereocenters. The highest BCUT2D eigenvalue weighted by Gasteiger charge is 2.46. The minimum atomic E-state index is -0.518. The number of hydrogen-bond donors (Lipinski definition) is 2. The van der Waals surface area contributed by atoms with Gasteiger partial charge in [0.05, 0.1) is 13.0 Å². The van der Waals surface area contributed by atoms with Gasteiger partial charge in [0, 0.05) is 18.7 Å². The van der Waals surface area contributed by atoms with Crippen LogP contribution in [-0.4, -0.2) is 25.2 Å². The lowest BCUT2D eigenvalue weighted by Crippen LogP contribution is -2.26. The van der Waals surface area contributed by atoms with Crippen LogP contribution in [0.25, 0.3) is 0 Å². The lowest BCUT2D eigenvalue weighted by atomic mass is 10.2. The van der Waals surface area contributed by atoms with Crippen LogP contribution in [0.4, 0.5) is 10.5 Å². The average Bonchev–Trinajstić information content (AvgIpc) is 3.40. The Bertz CT molecular complexity index is 731. The van der Waals surface area contributed by atoms with E-state index in [1.165, 1.54) is 0 Å². The molecule has 2 aromatic carbocycles. The van der Waals surface area contributed by atoms with Gasteiger partial charge in [0.25, 0.3) is 0 Å². The fraction of sp³-hybridized carbons (Fsp3) is 0.263. The highest BCUT2D eigenvalue weighted by Crippen LogP contribution is 2.34. The van der Waals surface area contributed by atoms with Gasteiger partial charge in [0.2, 0.25) is 5.91 Å². The van der Waals surface area contributed by atoms with Crippen LogP contribution in [0.3, 0.4) is 0 Å². The van der Waals surface area contributed by atoms with E-state index in [-0.39, 0.29) is 17.9 Å². The van der Waals surface area contributed by atoms with Gasteiger partial charge in [-0.2, -0.15) is 0 Å². The van der Waals surface area contributed by atoms with Gasteiger partial charge >= 0.3 is 6.09 Å². The molecule has 0 spiro atoms. The molecule has 1 fully saturated rings. The summed E-state index contributed by atoms with van der Waals surface area (Å²) in [6.07, 6.45) is -0.329. The number of alkyl carbamates (subject to hydrolysis) is 1. The van der Waals surface area contributed by atoms with Crippen molar-refractivity contribution in [2.75, 3.05) is 12.4 Å². The maximum atomic E-state index is 12.1. The first-order valence-corrected chi connectivity index (χ1v) is 8.09. The minimum absolute atomic E-state index is 0.126. The van der Waals surface area contributed by atoms with Gasteiger partial charge in [-0.15, -0.1) is 0 Å². The Morgan fingerprint density at radius 3 is 2.48 bits per heavy atom. The zero-order valence-corrected chi connectivity index (χ0v) is 13.9. The number of benzene rings is 2. The predicted octanol–water partition coefficient (Wildman–Crippen LogP) is 2.95. The molecule has 0 aromatic heterocycles. The monoisotopic (exact) mass is 340 g/mol. The number of ether oxygens (including phenoxy) is 2. The van der Waals surface area contributed by atoms with Crippen LogP contribution >= 0.6 is 0 Å². The Hall–Kier alpha value is -3.02. The topological polar surface area (TPSA) is 76.7 Å². The van der Waals surface area contributed by atoms with Crippen molar-refractivity contribution < 1.29 is 19.1 Å². The second kappa shape index (κ2) is 7.70. The van der Waals surface area contributed by atoms with Gasteiger partial charge in [-0.1, -0.05) is 30.3 Å². The fourth-order valence-corrected chi connectivity index (χ4v) is 2.43. The minimum Gasteiger partial charge on any atom is -0.497 e. The molecular formula is C19H20N2O4. The van der Waals surface area contributed by atoms with Gasteiger partial charge in [-0.25, -0.2) is 4.79 Å². The second-order valence-electron chi connectivity index (χ2n) is 5.84. The van der Waals surface area contributed by atoms with E-state index in [0.29, 0.717) is 13.0 Å². The third-order valence-electron chi connectivity index (χ3n) is 3.96. The predicted molar refractivity (Wildman–Crippen MR) is 93.3 cm³/mol. The molecule has 25 heavy (non-hydrogen) atoms.